The number of fused-ring (bicyclic) bond motifs is 5. The highest BCUT2D eigenvalue weighted by atomic mass is 35.5. The predicted molar refractivity (Wildman–Crippen MR) is 143 cm³/mol. The fourth-order valence-corrected chi connectivity index (χ4v) is 8.27. The van der Waals surface area contributed by atoms with Gasteiger partial charge in [-0.05, 0) is 44.9 Å². The summed E-state index contributed by atoms with van der Waals surface area (Å²) in [6.45, 7) is 5.44. The molecule has 0 aromatic heterocycles. The second kappa shape index (κ2) is 7.82. The molecular weight excluding hydrogens is 527 g/mol. The summed E-state index contributed by atoms with van der Waals surface area (Å²) in [5, 5.41) is 12.9. The molecule has 9 heteroatoms. The van der Waals surface area contributed by atoms with Crippen molar-refractivity contribution in [2.24, 2.45) is 17.8 Å². The number of rotatable bonds is 1. The molecule has 4 amide bonds. The van der Waals surface area contributed by atoms with Crippen LogP contribution in [0.25, 0.3) is 10.8 Å². The van der Waals surface area contributed by atoms with E-state index in [1.165, 1.54) is 11.9 Å². The zero-order chi connectivity index (χ0) is 27.5. The molecule has 2 saturated heterocycles. The van der Waals surface area contributed by atoms with Gasteiger partial charge in [0, 0.05) is 29.5 Å². The second-order valence-corrected chi connectivity index (χ2v) is 13.1. The normalized spacial score (nSPS) is 34.9. The van der Waals surface area contributed by atoms with Gasteiger partial charge in [-0.25, -0.2) is 0 Å². The average molecular weight is 555 g/mol. The lowest BCUT2D eigenvalue weighted by Crippen LogP contribution is -2.60. The fraction of sp³-hybridized carbons (Fsp3) is 0.448. The molecule has 198 valence electrons. The lowest BCUT2D eigenvalue weighted by atomic mass is 9.56. The van der Waals surface area contributed by atoms with E-state index in [1.54, 1.807) is 18.2 Å². The minimum atomic E-state index is -1.93. The van der Waals surface area contributed by atoms with Crippen LogP contribution >= 0.6 is 23.2 Å². The number of imide groups is 2. The maximum atomic E-state index is 13.8. The first kappa shape index (κ1) is 25.4. The molecule has 6 rings (SSSR count). The Bertz CT molecular complexity index is 1500. The van der Waals surface area contributed by atoms with Crippen LogP contribution in [0.3, 0.4) is 0 Å². The van der Waals surface area contributed by atoms with Crippen molar-refractivity contribution in [2.45, 2.75) is 54.8 Å². The third kappa shape index (κ3) is 2.92. The van der Waals surface area contributed by atoms with E-state index in [4.69, 9.17) is 23.2 Å². The van der Waals surface area contributed by atoms with Gasteiger partial charge >= 0.3 is 0 Å². The Morgan fingerprint density at radius 3 is 2.32 bits per heavy atom. The van der Waals surface area contributed by atoms with Gasteiger partial charge in [-0.2, -0.15) is 0 Å². The molecule has 2 aromatic rings. The van der Waals surface area contributed by atoms with Crippen molar-refractivity contribution in [1.29, 1.82) is 0 Å². The smallest absolute Gasteiger partial charge is 0.253 e. The van der Waals surface area contributed by atoms with Crippen LogP contribution in [0.5, 0.6) is 5.75 Å². The third-order valence-electron chi connectivity index (χ3n) is 8.93. The highest BCUT2D eigenvalue weighted by Gasteiger charge is 2.76. The number of phenols is 1. The topological polar surface area (TPSA) is 95.0 Å². The number of hydrogen-bond donors (Lipinski definition) is 1. The minimum absolute atomic E-state index is 0.0595. The summed E-state index contributed by atoms with van der Waals surface area (Å²) < 4.78 is 0. The lowest BCUT2D eigenvalue weighted by Gasteiger charge is -2.51. The van der Waals surface area contributed by atoms with Crippen LogP contribution < -0.4 is 0 Å². The Balaban J connectivity index is 1.60. The zero-order valence-electron chi connectivity index (χ0n) is 21.5. The number of hydrogen-bond acceptors (Lipinski definition) is 5. The van der Waals surface area contributed by atoms with Gasteiger partial charge in [-0.3, -0.25) is 29.0 Å². The van der Waals surface area contributed by atoms with Crippen molar-refractivity contribution in [1.82, 2.24) is 9.80 Å². The summed E-state index contributed by atoms with van der Waals surface area (Å²) in [7, 11) is 1.35. The van der Waals surface area contributed by atoms with Crippen LogP contribution in [0.2, 0.25) is 0 Å². The molecule has 2 heterocycles. The van der Waals surface area contributed by atoms with Crippen LogP contribution in [0.1, 0.15) is 45.1 Å². The first-order chi connectivity index (χ1) is 17.7. The number of likely N-dealkylation sites (tertiary alicyclic amines) is 2. The number of carbonyl (C=O) groups is 4. The number of amides is 4. The number of aromatic hydroxyl groups is 1. The van der Waals surface area contributed by atoms with Gasteiger partial charge in [0.05, 0.1) is 11.8 Å². The number of benzene rings is 2. The Morgan fingerprint density at radius 2 is 1.63 bits per heavy atom. The van der Waals surface area contributed by atoms with Crippen molar-refractivity contribution in [3.8, 4) is 5.75 Å². The van der Waals surface area contributed by atoms with E-state index >= 15 is 0 Å². The van der Waals surface area contributed by atoms with Crippen molar-refractivity contribution in [3.05, 3.63) is 53.6 Å². The molecule has 3 fully saturated rings. The number of nitrogens with zero attached hydrogens (tertiary/aromatic N) is 2. The molecule has 0 radical (unpaired) electrons. The first-order valence-corrected chi connectivity index (χ1v) is 13.5. The van der Waals surface area contributed by atoms with Crippen LogP contribution in [-0.2, 0) is 19.2 Å². The van der Waals surface area contributed by atoms with E-state index in [0.29, 0.717) is 22.9 Å². The van der Waals surface area contributed by atoms with E-state index in [2.05, 4.69) is 0 Å². The number of allylic oxidation sites excluding steroid dienone is 2. The summed E-state index contributed by atoms with van der Waals surface area (Å²) in [4.78, 5) is 52.9. The van der Waals surface area contributed by atoms with E-state index in [-0.39, 0.29) is 24.0 Å². The third-order valence-corrected chi connectivity index (χ3v) is 10.3. The largest absolute Gasteiger partial charge is 0.507 e. The van der Waals surface area contributed by atoms with E-state index < -0.39 is 50.8 Å². The zero-order valence-corrected chi connectivity index (χ0v) is 23.0. The Hall–Kier alpha value is -2.90. The summed E-state index contributed by atoms with van der Waals surface area (Å²) in [5.74, 6) is -4.83. The van der Waals surface area contributed by atoms with Crippen molar-refractivity contribution < 1.29 is 24.3 Å². The van der Waals surface area contributed by atoms with Crippen LogP contribution in [0, 0.1) is 17.8 Å². The van der Waals surface area contributed by atoms with Crippen LogP contribution in [-0.4, -0.2) is 60.9 Å². The lowest BCUT2D eigenvalue weighted by molar-refractivity contribution is -0.146. The highest BCUT2D eigenvalue weighted by Crippen LogP contribution is 2.66. The molecule has 2 aromatic carbocycles. The molecule has 2 aliphatic heterocycles. The number of carbonyl (C=O) groups excluding carboxylic acids is 4. The van der Waals surface area contributed by atoms with Crippen molar-refractivity contribution in [3.63, 3.8) is 0 Å². The van der Waals surface area contributed by atoms with Gasteiger partial charge in [0.15, 0.2) is 9.75 Å². The number of phenolic OH excluding ortho intramolecular Hbond substituents is 1. The molecule has 1 N–H and O–H groups in total. The summed E-state index contributed by atoms with van der Waals surface area (Å²) in [6.07, 6.45) is 2.10. The molecule has 1 saturated carbocycles. The molecule has 4 aliphatic rings. The van der Waals surface area contributed by atoms with Crippen molar-refractivity contribution in [2.75, 3.05) is 7.05 Å². The van der Waals surface area contributed by atoms with Crippen molar-refractivity contribution >= 4 is 57.6 Å². The molecule has 2 aliphatic carbocycles. The average Bonchev–Trinajstić information content (AvgIpc) is 3.20. The first-order valence-electron chi connectivity index (χ1n) is 12.7. The molecule has 0 bridgehead atoms. The monoisotopic (exact) mass is 554 g/mol. The number of alkyl halides is 2. The second-order valence-electron chi connectivity index (χ2n) is 11.9. The summed E-state index contributed by atoms with van der Waals surface area (Å²) in [6, 6.07) is 10.8. The Morgan fingerprint density at radius 1 is 0.947 bits per heavy atom. The maximum absolute atomic E-state index is 13.8. The van der Waals surface area contributed by atoms with Gasteiger partial charge in [0.25, 0.3) is 11.8 Å². The van der Waals surface area contributed by atoms with E-state index in [1.807, 2.05) is 45.0 Å². The Labute approximate surface area is 230 Å². The molecular formula is C29H28Cl2N2O5. The van der Waals surface area contributed by atoms with Gasteiger partial charge in [0.2, 0.25) is 11.8 Å². The predicted octanol–water partition coefficient (Wildman–Crippen LogP) is 4.33. The maximum Gasteiger partial charge on any atom is 0.253 e. The van der Waals surface area contributed by atoms with E-state index in [9.17, 15) is 24.3 Å². The SMILES string of the molecule is CN1C(=O)[C@]2(Cl)C[C@@H]3C(=CC[C@@H]4C(=O)N(C(C)(C)C)C(=O)[C@@H]43)[C@H](c3ccc4ccccc4c3O)[C@]2(Cl)C1=O. The fourth-order valence-electron chi connectivity index (χ4n) is 7.26. The molecule has 6 atom stereocenters. The van der Waals surface area contributed by atoms with Gasteiger partial charge < -0.3 is 5.11 Å². The van der Waals surface area contributed by atoms with Gasteiger partial charge in [0.1, 0.15) is 5.75 Å². The Kier molecular flexibility index (Phi) is 5.23. The highest BCUT2D eigenvalue weighted by molar-refractivity contribution is 6.53. The molecule has 7 nitrogen and oxygen atoms in total. The molecule has 38 heavy (non-hydrogen) atoms. The standard InChI is InChI=1S/C29H28Cl2N2O5/c1-27(2,3)33-23(35)17-12-11-16-19(20(17)24(33)36)13-28(30)25(37)32(4)26(38)29(28,31)21(16)18-10-9-14-7-5-6-8-15(14)22(18)34/h5-11,17,19-21,34H,12-13H2,1-4H3/t17-,19+,20-,21+,28+,29-/m0/s1. The van der Waals surface area contributed by atoms with Gasteiger partial charge in [-0.15, -0.1) is 23.2 Å². The quantitative estimate of drug-likeness (QED) is 0.321. The van der Waals surface area contributed by atoms with E-state index in [0.717, 1.165) is 10.3 Å². The summed E-state index contributed by atoms with van der Waals surface area (Å²) in [5.41, 5.74) is 0.306. The minimum Gasteiger partial charge on any atom is -0.507 e. The van der Waals surface area contributed by atoms with Crippen LogP contribution in [0.15, 0.2) is 48.0 Å². The van der Waals surface area contributed by atoms with Crippen LogP contribution in [0.4, 0.5) is 0 Å². The number of halogens is 2. The van der Waals surface area contributed by atoms with Gasteiger partial charge in [-0.1, -0.05) is 48.0 Å². The molecule has 0 spiro atoms. The molecule has 0 unspecified atom stereocenters. The summed E-state index contributed by atoms with van der Waals surface area (Å²) >= 11 is 14.4.